The molecule has 1 unspecified atom stereocenters. The van der Waals surface area contributed by atoms with Crippen molar-refractivity contribution in [2.75, 3.05) is 0 Å². The highest BCUT2D eigenvalue weighted by Gasteiger charge is 2.24. The van der Waals surface area contributed by atoms with Gasteiger partial charge in [0, 0.05) is 16.1 Å². The minimum atomic E-state index is -0.585. The van der Waals surface area contributed by atoms with Gasteiger partial charge in [0.2, 0.25) is 0 Å². The number of hydrogen-bond donors (Lipinski definition) is 0. The van der Waals surface area contributed by atoms with Gasteiger partial charge < -0.3 is 9.47 Å². The van der Waals surface area contributed by atoms with Crippen molar-refractivity contribution in [2.45, 2.75) is 13.2 Å². The first-order chi connectivity index (χ1) is 7.15. The summed E-state index contributed by atoms with van der Waals surface area (Å²) in [6, 6.07) is 7.35. The molecule has 0 saturated carbocycles. The highest BCUT2D eigenvalue weighted by atomic mass is 79.9. The molecule has 1 aliphatic rings. The molecule has 1 aromatic rings. The van der Waals surface area contributed by atoms with E-state index in [0.717, 1.165) is 10.0 Å². The Morgan fingerprint density at radius 2 is 2.00 bits per heavy atom. The second kappa shape index (κ2) is 4.06. The van der Waals surface area contributed by atoms with Crippen LogP contribution >= 0.6 is 15.9 Å². The molecule has 4 heteroatoms. The molecular formula is C11H9BrO3. The lowest BCUT2D eigenvalue weighted by Gasteiger charge is -2.14. The summed E-state index contributed by atoms with van der Waals surface area (Å²) in [4.78, 5) is 10.9. The van der Waals surface area contributed by atoms with Crippen LogP contribution in [0, 0.1) is 0 Å². The van der Waals surface area contributed by atoms with Crippen molar-refractivity contribution < 1.29 is 14.3 Å². The second-order valence-electron chi connectivity index (χ2n) is 3.23. The van der Waals surface area contributed by atoms with Crippen LogP contribution in [0.1, 0.15) is 6.92 Å². The summed E-state index contributed by atoms with van der Waals surface area (Å²) in [5.74, 6) is 0.320. The molecule has 1 aliphatic heterocycles. The molecule has 0 aliphatic carbocycles. The summed E-state index contributed by atoms with van der Waals surface area (Å²) >= 11 is 3.33. The first-order valence-corrected chi connectivity index (χ1v) is 5.25. The third kappa shape index (κ3) is 2.39. The fraction of sp³-hybridized carbons (Fsp3) is 0.182. The number of halogens is 1. The van der Waals surface area contributed by atoms with Crippen LogP contribution in [0.25, 0.3) is 0 Å². The van der Waals surface area contributed by atoms with Gasteiger partial charge in [0.25, 0.3) is 6.29 Å². The zero-order valence-corrected chi connectivity index (χ0v) is 9.65. The Labute approximate surface area is 95.8 Å². The van der Waals surface area contributed by atoms with Gasteiger partial charge in [-0.2, -0.15) is 0 Å². The van der Waals surface area contributed by atoms with E-state index in [1.807, 2.05) is 24.3 Å². The smallest absolute Gasteiger partial charge is 0.334 e. The number of hydrogen-bond acceptors (Lipinski definition) is 3. The Balaban J connectivity index is 2.07. The second-order valence-corrected chi connectivity index (χ2v) is 4.14. The topological polar surface area (TPSA) is 35.5 Å². The fourth-order valence-corrected chi connectivity index (χ4v) is 1.50. The normalized spacial score (nSPS) is 19.7. The average Bonchev–Trinajstić information content (AvgIpc) is 2.49. The summed E-state index contributed by atoms with van der Waals surface area (Å²) in [6.45, 7) is 1.80. The molecular weight excluding hydrogens is 260 g/mol. The molecule has 0 spiro atoms. The molecule has 15 heavy (non-hydrogen) atoms. The Bertz CT molecular complexity index is 408. The number of carbonyl (C=O) groups excluding carboxylic acids is 1. The lowest BCUT2D eigenvalue weighted by molar-refractivity contribution is -0.148. The molecule has 78 valence electrons. The molecule has 1 atom stereocenters. The molecule has 0 aromatic heterocycles. The van der Waals surface area contributed by atoms with E-state index in [0.29, 0.717) is 5.75 Å². The van der Waals surface area contributed by atoms with E-state index >= 15 is 0 Å². The molecule has 0 saturated heterocycles. The summed E-state index contributed by atoms with van der Waals surface area (Å²) in [7, 11) is 0. The van der Waals surface area contributed by atoms with Crippen molar-refractivity contribution in [1.29, 1.82) is 0 Å². The average molecular weight is 269 g/mol. The van der Waals surface area contributed by atoms with Gasteiger partial charge in [0.1, 0.15) is 5.75 Å². The maximum atomic E-state index is 10.9. The van der Waals surface area contributed by atoms with Crippen molar-refractivity contribution >= 4 is 21.9 Å². The van der Waals surface area contributed by atoms with Gasteiger partial charge in [0.05, 0.1) is 0 Å². The van der Waals surface area contributed by atoms with Gasteiger partial charge in [-0.25, -0.2) is 4.79 Å². The quantitative estimate of drug-likeness (QED) is 0.774. The number of benzene rings is 1. The van der Waals surface area contributed by atoms with Crippen molar-refractivity contribution in [3.05, 3.63) is 40.4 Å². The van der Waals surface area contributed by atoms with Crippen LogP contribution in [-0.4, -0.2) is 12.3 Å². The van der Waals surface area contributed by atoms with Crippen molar-refractivity contribution in [2.24, 2.45) is 0 Å². The zero-order valence-electron chi connectivity index (χ0n) is 8.07. The molecule has 0 bridgehead atoms. The van der Waals surface area contributed by atoms with Crippen LogP contribution in [-0.2, 0) is 9.53 Å². The van der Waals surface area contributed by atoms with Crippen LogP contribution in [0.3, 0.4) is 0 Å². The molecule has 3 nitrogen and oxygen atoms in total. The van der Waals surface area contributed by atoms with Gasteiger partial charge in [-0.1, -0.05) is 15.9 Å². The van der Waals surface area contributed by atoms with E-state index in [1.54, 1.807) is 6.92 Å². The van der Waals surface area contributed by atoms with Crippen molar-refractivity contribution in [3.8, 4) is 5.75 Å². The van der Waals surface area contributed by atoms with E-state index in [4.69, 9.17) is 9.47 Å². The number of cyclic esters (lactones) is 1. The van der Waals surface area contributed by atoms with Crippen LogP contribution in [0.5, 0.6) is 5.75 Å². The highest BCUT2D eigenvalue weighted by molar-refractivity contribution is 9.10. The lowest BCUT2D eigenvalue weighted by Crippen LogP contribution is -2.18. The minimum Gasteiger partial charge on any atom is -0.451 e. The van der Waals surface area contributed by atoms with Gasteiger partial charge in [-0.15, -0.1) is 0 Å². The van der Waals surface area contributed by atoms with Crippen molar-refractivity contribution in [3.63, 3.8) is 0 Å². The molecule has 1 heterocycles. The molecule has 1 aromatic carbocycles. The van der Waals surface area contributed by atoms with Gasteiger partial charge in [-0.05, 0) is 31.2 Å². The monoisotopic (exact) mass is 268 g/mol. The Morgan fingerprint density at radius 1 is 1.33 bits per heavy atom. The third-order valence-corrected chi connectivity index (χ3v) is 2.53. The van der Waals surface area contributed by atoms with E-state index in [-0.39, 0.29) is 5.97 Å². The zero-order chi connectivity index (χ0) is 10.8. The SMILES string of the molecule is CC1=CC(=O)OC1Oc1ccc(Br)cc1. The Morgan fingerprint density at radius 3 is 2.53 bits per heavy atom. The van der Waals surface area contributed by atoms with Crippen LogP contribution in [0.4, 0.5) is 0 Å². The maximum Gasteiger partial charge on any atom is 0.334 e. The number of ether oxygens (including phenoxy) is 2. The predicted molar refractivity (Wildman–Crippen MR) is 58.4 cm³/mol. The first-order valence-electron chi connectivity index (χ1n) is 4.46. The van der Waals surface area contributed by atoms with Gasteiger partial charge in [-0.3, -0.25) is 0 Å². The van der Waals surface area contributed by atoms with E-state index in [9.17, 15) is 4.79 Å². The maximum absolute atomic E-state index is 10.9. The standard InChI is InChI=1S/C11H9BrO3/c1-7-6-10(13)15-11(7)14-9-4-2-8(12)3-5-9/h2-6,11H,1H3. The Hall–Kier alpha value is -1.29. The fourth-order valence-electron chi connectivity index (χ4n) is 1.24. The lowest BCUT2D eigenvalue weighted by atomic mass is 10.3. The molecule has 0 N–H and O–H groups in total. The summed E-state index contributed by atoms with van der Waals surface area (Å²) < 4.78 is 11.4. The molecule has 0 amide bonds. The van der Waals surface area contributed by atoms with Gasteiger partial charge >= 0.3 is 5.97 Å². The highest BCUT2D eigenvalue weighted by Crippen LogP contribution is 2.22. The molecule has 2 rings (SSSR count). The van der Waals surface area contributed by atoms with Gasteiger partial charge in [0.15, 0.2) is 0 Å². The predicted octanol–water partition coefficient (Wildman–Crippen LogP) is 2.66. The minimum absolute atomic E-state index is 0.352. The number of rotatable bonds is 2. The van der Waals surface area contributed by atoms with Crippen LogP contribution in [0.15, 0.2) is 40.4 Å². The van der Waals surface area contributed by atoms with Crippen LogP contribution < -0.4 is 4.74 Å². The summed E-state index contributed by atoms with van der Waals surface area (Å²) in [5.41, 5.74) is 0.780. The molecule has 0 fully saturated rings. The third-order valence-electron chi connectivity index (χ3n) is 2.00. The van der Waals surface area contributed by atoms with E-state index in [2.05, 4.69) is 15.9 Å². The van der Waals surface area contributed by atoms with Crippen LogP contribution in [0.2, 0.25) is 0 Å². The molecule has 0 radical (unpaired) electrons. The number of carbonyl (C=O) groups is 1. The first kappa shape index (κ1) is 10.2. The van der Waals surface area contributed by atoms with Crippen molar-refractivity contribution in [1.82, 2.24) is 0 Å². The van der Waals surface area contributed by atoms with E-state index < -0.39 is 6.29 Å². The van der Waals surface area contributed by atoms with E-state index in [1.165, 1.54) is 6.08 Å². The largest absolute Gasteiger partial charge is 0.451 e. The number of esters is 1. The Kier molecular flexibility index (Phi) is 2.77. The summed E-state index contributed by atoms with van der Waals surface area (Å²) in [5, 5.41) is 0. The summed E-state index contributed by atoms with van der Waals surface area (Å²) in [6.07, 6.45) is 0.849.